The summed E-state index contributed by atoms with van der Waals surface area (Å²) in [6.07, 6.45) is 48.2. The Labute approximate surface area is 334 Å². The maximum atomic E-state index is 12.6. The third kappa shape index (κ3) is 39.4. The number of phosphoric acid groups is 1. The van der Waals surface area contributed by atoms with Crippen LogP contribution in [0.3, 0.4) is 0 Å². The number of carboxylic acids is 1. The SMILES string of the molecule is CC/C=C\C/C=C\C/C=C\C/C=C\C/C=C\C/C=C\CCCCCOCC(COP(=O)(O)OCC(N)C(=O)O)OC(=O)CCCCCCCCCCCCC. The Kier molecular flexibility index (Phi) is 37.8. The molecular weight excluding hydrogens is 717 g/mol. The van der Waals surface area contributed by atoms with Crippen molar-refractivity contribution in [1.29, 1.82) is 0 Å². The van der Waals surface area contributed by atoms with Crippen LogP contribution in [0.25, 0.3) is 0 Å². The normalized spacial score (nSPS) is 14.7. The molecule has 3 unspecified atom stereocenters. The van der Waals surface area contributed by atoms with Crippen molar-refractivity contribution in [2.75, 3.05) is 26.4 Å². The van der Waals surface area contributed by atoms with Crippen LogP contribution in [0.5, 0.6) is 0 Å². The summed E-state index contributed by atoms with van der Waals surface area (Å²) in [4.78, 5) is 33.4. The van der Waals surface area contributed by atoms with Crippen LogP contribution in [0.2, 0.25) is 0 Å². The van der Waals surface area contributed by atoms with Gasteiger partial charge < -0.3 is 25.2 Å². The molecule has 0 saturated carbocycles. The minimum Gasteiger partial charge on any atom is -0.480 e. The molecule has 0 bridgehead atoms. The summed E-state index contributed by atoms with van der Waals surface area (Å²) in [7, 11) is -4.62. The lowest BCUT2D eigenvalue weighted by Crippen LogP contribution is -2.34. The minimum absolute atomic E-state index is 0.00815. The van der Waals surface area contributed by atoms with E-state index in [-0.39, 0.29) is 13.0 Å². The van der Waals surface area contributed by atoms with Crippen molar-refractivity contribution in [1.82, 2.24) is 0 Å². The third-order valence-corrected chi connectivity index (χ3v) is 9.45. The van der Waals surface area contributed by atoms with Crippen LogP contribution < -0.4 is 5.73 Å². The van der Waals surface area contributed by atoms with Gasteiger partial charge in [-0.05, 0) is 64.2 Å². The Balaban J connectivity index is 4.30. The lowest BCUT2D eigenvalue weighted by Gasteiger charge is -2.20. The number of carboxylic acid groups (broad SMARTS) is 1. The summed E-state index contributed by atoms with van der Waals surface area (Å²) in [6.45, 7) is 3.65. The number of phosphoric ester groups is 1. The van der Waals surface area contributed by atoms with Crippen molar-refractivity contribution in [3.8, 4) is 0 Å². The van der Waals surface area contributed by atoms with Crippen molar-refractivity contribution in [2.24, 2.45) is 5.73 Å². The lowest BCUT2D eigenvalue weighted by atomic mass is 10.1. The lowest BCUT2D eigenvalue weighted by molar-refractivity contribution is -0.154. The van der Waals surface area contributed by atoms with Gasteiger partial charge in [0, 0.05) is 13.0 Å². The second-order valence-electron chi connectivity index (χ2n) is 13.7. The van der Waals surface area contributed by atoms with Crippen LogP contribution in [-0.2, 0) is 32.7 Å². The molecule has 0 fully saturated rings. The molecule has 0 spiro atoms. The van der Waals surface area contributed by atoms with Gasteiger partial charge in [0.15, 0.2) is 0 Å². The molecule has 0 radical (unpaired) electrons. The fraction of sp³-hybridized carbons (Fsp3) is 0.682. The predicted octanol–water partition coefficient (Wildman–Crippen LogP) is 11.4. The first-order valence-electron chi connectivity index (χ1n) is 21.0. The minimum atomic E-state index is -4.62. The Hall–Kier alpha value is -2.59. The van der Waals surface area contributed by atoms with E-state index in [4.69, 9.17) is 29.4 Å². The quantitative estimate of drug-likeness (QED) is 0.0237. The number of ether oxygens (including phenoxy) is 2. The van der Waals surface area contributed by atoms with Gasteiger partial charge >= 0.3 is 19.8 Å². The van der Waals surface area contributed by atoms with Crippen LogP contribution >= 0.6 is 7.82 Å². The maximum Gasteiger partial charge on any atom is 0.472 e. The molecule has 0 saturated heterocycles. The van der Waals surface area contributed by atoms with Gasteiger partial charge in [-0.15, -0.1) is 0 Å². The Morgan fingerprint density at radius 1 is 0.600 bits per heavy atom. The number of nitrogens with two attached hydrogens (primary N) is 1. The average molecular weight is 794 g/mol. The largest absolute Gasteiger partial charge is 0.480 e. The molecule has 0 amide bonds. The van der Waals surface area contributed by atoms with Gasteiger partial charge in [0.25, 0.3) is 0 Å². The number of allylic oxidation sites excluding steroid dienone is 12. The first-order chi connectivity index (χ1) is 26.7. The van der Waals surface area contributed by atoms with Crippen molar-refractivity contribution in [3.05, 3.63) is 72.9 Å². The van der Waals surface area contributed by atoms with Gasteiger partial charge in [-0.2, -0.15) is 0 Å². The summed E-state index contributed by atoms with van der Waals surface area (Å²) in [5, 5.41) is 8.88. The van der Waals surface area contributed by atoms with Crippen LogP contribution in [0.15, 0.2) is 72.9 Å². The molecule has 0 rings (SSSR count). The smallest absolute Gasteiger partial charge is 0.472 e. The standard InChI is InChI=1S/C44H76NO9P/c1-3-5-7-9-11-13-15-16-17-18-19-20-21-22-23-24-25-27-29-31-33-35-37-51-38-41(39-52-55(49,50)53-40-42(45)44(47)48)54-43(46)36-34-32-30-28-26-14-12-10-8-6-4-2/h5,7,11,13,16-17,19-20,22-23,25,27,41-42H,3-4,6,8-10,12,14-15,18,21,24,26,28-40,45H2,1-2H3,(H,47,48)(H,49,50)/b7-5-,13-11-,17-16-,20-19-,23-22-,27-25-. The van der Waals surface area contributed by atoms with E-state index < -0.39 is 45.1 Å². The van der Waals surface area contributed by atoms with Gasteiger partial charge in [-0.1, -0.05) is 157 Å². The fourth-order valence-corrected chi connectivity index (χ4v) is 6.03. The molecule has 0 aromatic rings. The highest BCUT2D eigenvalue weighted by Gasteiger charge is 2.27. The number of rotatable bonds is 39. The third-order valence-electron chi connectivity index (χ3n) is 8.50. The number of carbonyl (C=O) groups excluding carboxylic acids is 1. The molecule has 3 atom stereocenters. The number of hydrogen-bond donors (Lipinski definition) is 3. The monoisotopic (exact) mass is 794 g/mol. The predicted molar refractivity (Wildman–Crippen MR) is 226 cm³/mol. The number of unbranched alkanes of at least 4 members (excludes halogenated alkanes) is 13. The summed E-state index contributed by atoms with van der Waals surface area (Å²) >= 11 is 0. The first kappa shape index (κ1) is 52.4. The number of aliphatic carboxylic acids is 1. The highest BCUT2D eigenvalue weighted by atomic mass is 31.2. The maximum absolute atomic E-state index is 12.6. The molecule has 0 aliphatic heterocycles. The number of hydrogen-bond acceptors (Lipinski definition) is 8. The van der Waals surface area contributed by atoms with Crippen LogP contribution in [0, 0.1) is 0 Å². The van der Waals surface area contributed by atoms with E-state index in [0.29, 0.717) is 13.0 Å². The van der Waals surface area contributed by atoms with Gasteiger partial charge in [-0.3, -0.25) is 18.6 Å². The average Bonchev–Trinajstić information content (AvgIpc) is 3.16. The van der Waals surface area contributed by atoms with Crippen molar-refractivity contribution in [3.63, 3.8) is 0 Å². The molecule has 11 heteroatoms. The van der Waals surface area contributed by atoms with Gasteiger partial charge in [0.05, 0.1) is 19.8 Å². The van der Waals surface area contributed by atoms with Crippen molar-refractivity contribution in [2.45, 2.75) is 167 Å². The Bertz CT molecular complexity index is 1150. The number of carbonyl (C=O) groups is 2. The summed E-state index contributed by atoms with van der Waals surface area (Å²) in [5.41, 5.74) is 5.34. The van der Waals surface area contributed by atoms with Gasteiger partial charge in [0.1, 0.15) is 12.1 Å². The van der Waals surface area contributed by atoms with Crippen LogP contribution in [0.1, 0.15) is 155 Å². The van der Waals surface area contributed by atoms with E-state index in [0.717, 1.165) is 83.5 Å². The zero-order chi connectivity index (χ0) is 40.5. The zero-order valence-electron chi connectivity index (χ0n) is 34.2. The van der Waals surface area contributed by atoms with E-state index in [1.165, 1.54) is 44.9 Å². The molecule has 55 heavy (non-hydrogen) atoms. The summed E-state index contributed by atoms with van der Waals surface area (Å²) < 4.78 is 33.2. The highest BCUT2D eigenvalue weighted by molar-refractivity contribution is 7.47. The summed E-state index contributed by atoms with van der Waals surface area (Å²) in [5.74, 6) is -1.80. The van der Waals surface area contributed by atoms with E-state index >= 15 is 0 Å². The molecule has 316 valence electrons. The Morgan fingerprint density at radius 2 is 1.05 bits per heavy atom. The van der Waals surface area contributed by atoms with E-state index in [9.17, 15) is 19.0 Å². The summed E-state index contributed by atoms with van der Waals surface area (Å²) in [6, 6.07) is -1.48. The highest BCUT2D eigenvalue weighted by Crippen LogP contribution is 2.43. The van der Waals surface area contributed by atoms with E-state index in [1.807, 2.05) is 0 Å². The second kappa shape index (κ2) is 39.6. The van der Waals surface area contributed by atoms with Gasteiger partial charge in [-0.25, -0.2) is 4.57 Å². The Morgan fingerprint density at radius 3 is 1.56 bits per heavy atom. The van der Waals surface area contributed by atoms with Crippen molar-refractivity contribution < 1.29 is 42.7 Å². The van der Waals surface area contributed by atoms with E-state index in [2.05, 4.69) is 86.8 Å². The van der Waals surface area contributed by atoms with Crippen LogP contribution in [0.4, 0.5) is 0 Å². The van der Waals surface area contributed by atoms with E-state index in [1.54, 1.807) is 0 Å². The molecule has 0 aromatic heterocycles. The second-order valence-corrected chi connectivity index (χ2v) is 15.2. The van der Waals surface area contributed by atoms with Crippen molar-refractivity contribution >= 4 is 19.8 Å². The van der Waals surface area contributed by atoms with Gasteiger partial charge in [0.2, 0.25) is 0 Å². The molecule has 4 N–H and O–H groups in total. The molecule has 0 aliphatic rings. The number of esters is 1. The molecular formula is C44H76NO9P. The molecule has 0 aliphatic carbocycles. The molecule has 0 heterocycles. The molecule has 0 aromatic carbocycles. The first-order valence-corrected chi connectivity index (χ1v) is 22.5. The van der Waals surface area contributed by atoms with Crippen LogP contribution in [-0.4, -0.2) is 60.5 Å². The topological polar surface area (TPSA) is 155 Å². The molecule has 10 nitrogen and oxygen atoms in total. The fourth-order valence-electron chi connectivity index (χ4n) is 5.25. The zero-order valence-corrected chi connectivity index (χ0v) is 35.1.